The standard InChI is InChI=1S/C16H24N2O/c1-17-12-9-16(15(19)13-17,18-10-5-6-11-18)14-7-3-2-4-8-14/h2-4,7-8,15,19H,5-6,9-13H2,1H3. The van der Waals surface area contributed by atoms with Gasteiger partial charge in [-0.3, -0.25) is 4.90 Å². The van der Waals surface area contributed by atoms with Crippen molar-refractivity contribution in [1.29, 1.82) is 0 Å². The zero-order chi connectivity index (χ0) is 13.3. The zero-order valence-corrected chi connectivity index (χ0v) is 11.8. The van der Waals surface area contributed by atoms with E-state index in [1.54, 1.807) is 0 Å². The lowest BCUT2D eigenvalue weighted by molar-refractivity contribution is -0.0738. The molecule has 0 bridgehead atoms. The number of hydrogen-bond donors (Lipinski definition) is 1. The van der Waals surface area contributed by atoms with Crippen LogP contribution in [0.25, 0.3) is 0 Å². The van der Waals surface area contributed by atoms with Gasteiger partial charge in [-0.25, -0.2) is 0 Å². The number of benzene rings is 1. The third kappa shape index (κ3) is 2.20. The molecule has 2 saturated heterocycles. The molecule has 19 heavy (non-hydrogen) atoms. The monoisotopic (exact) mass is 260 g/mol. The Hall–Kier alpha value is -0.900. The Kier molecular flexibility index (Phi) is 3.61. The Bertz CT molecular complexity index is 416. The molecule has 0 saturated carbocycles. The van der Waals surface area contributed by atoms with Crippen molar-refractivity contribution in [2.24, 2.45) is 0 Å². The van der Waals surface area contributed by atoms with E-state index in [0.29, 0.717) is 0 Å². The molecule has 2 unspecified atom stereocenters. The van der Waals surface area contributed by atoms with E-state index in [1.165, 1.54) is 18.4 Å². The minimum absolute atomic E-state index is 0.162. The van der Waals surface area contributed by atoms with Gasteiger partial charge in [0.25, 0.3) is 0 Å². The summed E-state index contributed by atoms with van der Waals surface area (Å²) in [4.78, 5) is 4.77. The molecule has 0 radical (unpaired) electrons. The molecule has 2 fully saturated rings. The maximum atomic E-state index is 10.8. The number of aliphatic hydroxyl groups excluding tert-OH is 1. The second-order valence-corrected chi connectivity index (χ2v) is 6.01. The van der Waals surface area contributed by atoms with Crippen LogP contribution in [0.1, 0.15) is 24.8 Å². The molecule has 1 aromatic carbocycles. The van der Waals surface area contributed by atoms with Crippen LogP contribution >= 0.6 is 0 Å². The highest BCUT2D eigenvalue weighted by Gasteiger charge is 2.47. The second kappa shape index (κ2) is 5.23. The van der Waals surface area contributed by atoms with Gasteiger partial charge in [0, 0.05) is 13.1 Å². The Morgan fingerprint density at radius 1 is 1.11 bits per heavy atom. The Labute approximate surface area is 115 Å². The van der Waals surface area contributed by atoms with E-state index >= 15 is 0 Å². The highest BCUT2D eigenvalue weighted by atomic mass is 16.3. The molecule has 0 aliphatic carbocycles. The molecule has 3 rings (SSSR count). The number of aliphatic hydroxyl groups is 1. The van der Waals surface area contributed by atoms with Crippen molar-refractivity contribution in [3.05, 3.63) is 35.9 Å². The summed E-state index contributed by atoms with van der Waals surface area (Å²) in [5.74, 6) is 0. The van der Waals surface area contributed by atoms with E-state index in [2.05, 4.69) is 47.2 Å². The molecule has 3 heteroatoms. The minimum atomic E-state index is -0.299. The summed E-state index contributed by atoms with van der Waals surface area (Å²) >= 11 is 0. The van der Waals surface area contributed by atoms with Crippen LogP contribution in [-0.2, 0) is 5.54 Å². The fourth-order valence-electron chi connectivity index (χ4n) is 3.80. The minimum Gasteiger partial charge on any atom is -0.389 e. The zero-order valence-electron chi connectivity index (χ0n) is 11.8. The predicted octanol–water partition coefficient (Wildman–Crippen LogP) is 1.67. The number of likely N-dealkylation sites (tertiary alicyclic amines) is 2. The van der Waals surface area contributed by atoms with Gasteiger partial charge in [-0.2, -0.15) is 0 Å². The Morgan fingerprint density at radius 3 is 2.42 bits per heavy atom. The van der Waals surface area contributed by atoms with Crippen molar-refractivity contribution in [3.63, 3.8) is 0 Å². The van der Waals surface area contributed by atoms with E-state index in [9.17, 15) is 5.11 Å². The fourth-order valence-corrected chi connectivity index (χ4v) is 3.80. The predicted molar refractivity (Wildman–Crippen MR) is 77.0 cm³/mol. The number of hydrogen-bond acceptors (Lipinski definition) is 3. The van der Waals surface area contributed by atoms with Gasteiger partial charge in [0.15, 0.2) is 0 Å². The van der Waals surface area contributed by atoms with Crippen LogP contribution in [0.2, 0.25) is 0 Å². The lowest BCUT2D eigenvalue weighted by Crippen LogP contribution is -2.60. The number of rotatable bonds is 2. The molecule has 3 nitrogen and oxygen atoms in total. The van der Waals surface area contributed by atoms with E-state index in [-0.39, 0.29) is 11.6 Å². The molecule has 2 atom stereocenters. The highest BCUT2D eigenvalue weighted by molar-refractivity contribution is 5.28. The molecular formula is C16H24N2O. The lowest BCUT2D eigenvalue weighted by atomic mass is 9.77. The first-order chi connectivity index (χ1) is 9.23. The molecule has 0 aromatic heterocycles. The van der Waals surface area contributed by atoms with Gasteiger partial charge in [0.05, 0.1) is 11.6 Å². The Morgan fingerprint density at radius 2 is 1.79 bits per heavy atom. The summed E-state index contributed by atoms with van der Waals surface area (Å²) in [6.45, 7) is 4.07. The first-order valence-electron chi connectivity index (χ1n) is 7.41. The van der Waals surface area contributed by atoms with Crippen LogP contribution in [0.15, 0.2) is 30.3 Å². The average Bonchev–Trinajstić information content (AvgIpc) is 2.95. The average molecular weight is 260 g/mol. The van der Waals surface area contributed by atoms with Gasteiger partial charge >= 0.3 is 0 Å². The van der Waals surface area contributed by atoms with Gasteiger partial charge < -0.3 is 10.0 Å². The van der Waals surface area contributed by atoms with Gasteiger partial charge in [0.2, 0.25) is 0 Å². The van der Waals surface area contributed by atoms with E-state index in [1.807, 2.05) is 0 Å². The maximum Gasteiger partial charge on any atom is 0.0892 e. The molecule has 1 aromatic rings. The van der Waals surface area contributed by atoms with Crippen molar-refractivity contribution in [3.8, 4) is 0 Å². The molecule has 0 amide bonds. The summed E-state index contributed by atoms with van der Waals surface area (Å²) in [6, 6.07) is 10.6. The van der Waals surface area contributed by atoms with E-state index < -0.39 is 0 Å². The van der Waals surface area contributed by atoms with Crippen molar-refractivity contribution >= 4 is 0 Å². The number of nitrogens with zero attached hydrogens (tertiary/aromatic N) is 2. The number of piperidine rings is 1. The highest BCUT2D eigenvalue weighted by Crippen LogP contribution is 2.40. The smallest absolute Gasteiger partial charge is 0.0892 e. The van der Waals surface area contributed by atoms with Crippen molar-refractivity contribution in [2.75, 3.05) is 33.2 Å². The number of β-amino-alcohol motifs (C(OH)–C–C–N with tert-alkyl or cyclic N) is 1. The number of likely N-dealkylation sites (N-methyl/N-ethyl adjacent to an activating group) is 1. The van der Waals surface area contributed by atoms with Crippen molar-refractivity contribution in [1.82, 2.24) is 9.80 Å². The summed E-state index contributed by atoms with van der Waals surface area (Å²) in [5, 5.41) is 10.8. The van der Waals surface area contributed by atoms with E-state index in [0.717, 1.165) is 32.6 Å². The molecule has 0 spiro atoms. The molecule has 2 heterocycles. The largest absolute Gasteiger partial charge is 0.389 e. The van der Waals surface area contributed by atoms with Gasteiger partial charge in [-0.1, -0.05) is 30.3 Å². The van der Waals surface area contributed by atoms with Crippen LogP contribution in [0.5, 0.6) is 0 Å². The third-order valence-electron chi connectivity index (χ3n) is 4.85. The Balaban J connectivity index is 2.00. The summed E-state index contributed by atoms with van der Waals surface area (Å²) in [7, 11) is 2.10. The normalized spacial score (nSPS) is 33.7. The molecule has 1 N–H and O–H groups in total. The molecule has 2 aliphatic rings. The first kappa shape index (κ1) is 13.1. The van der Waals surface area contributed by atoms with Crippen LogP contribution < -0.4 is 0 Å². The second-order valence-electron chi connectivity index (χ2n) is 6.01. The molecular weight excluding hydrogens is 236 g/mol. The van der Waals surface area contributed by atoms with Crippen molar-refractivity contribution < 1.29 is 5.11 Å². The maximum absolute atomic E-state index is 10.8. The van der Waals surface area contributed by atoms with Crippen LogP contribution in [0.4, 0.5) is 0 Å². The van der Waals surface area contributed by atoms with Gasteiger partial charge in [0.1, 0.15) is 0 Å². The quantitative estimate of drug-likeness (QED) is 0.876. The topological polar surface area (TPSA) is 26.7 Å². The van der Waals surface area contributed by atoms with Gasteiger partial charge in [-0.05, 0) is 45.0 Å². The SMILES string of the molecule is CN1CCC(c2ccccc2)(N2CCCC2)C(O)C1. The van der Waals surface area contributed by atoms with Crippen LogP contribution in [0, 0.1) is 0 Å². The molecule has 104 valence electrons. The van der Waals surface area contributed by atoms with Gasteiger partial charge in [-0.15, -0.1) is 0 Å². The summed E-state index contributed by atoms with van der Waals surface area (Å²) < 4.78 is 0. The first-order valence-corrected chi connectivity index (χ1v) is 7.41. The lowest BCUT2D eigenvalue weighted by Gasteiger charge is -2.50. The molecule has 2 aliphatic heterocycles. The third-order valence-corrected chi connectivity index (χ3v) is 4.85. The fraction of sp³-hybridized carbons (Fsp3) is 0.625. The summed E-state index contributed by atoms with van der Waals surface area (Å²) in [6.07, 6.45) is 3.25. The van der Waals surface area contributed by atoms with Crippen molar-refractivity contribution in [2.45, 2.75) is 30.9 Å². The van der Waals surface area contributed by atoms with Crippen LogP contribution in [-0.4, -0.2) is 54.2 Å². The van der Waals surface area contributed by atoms with Crippen LogP contribution in [0.3, 0.4) is 0 Å². The van der Waals surface area contributed by atoms with E-state index in [4.69, 9.17) is 0 Å². The summed E-state index contributed by atoms with van der Waals surface area (Å²) in [5.41, 5.74) is 1.13.